The number of hydrogen-bond acceptors (Lipinski definition) is 3. The largest absolute Gasteiger partial charge is 0.496 e. The van der Waals surface area contributed by atoms with E-state index in [1.54, 1.807) is 13.2 Å². The molecule has 0 radical (unpaired) electrons. The van der Waals surface area contributed by atoms with Crippen LogP contribution in [0.3, 0.4) is 0 Å². The van der Waals surface area contributed by atoms with Crippen LogP contribution in [0.25, 0.3) is 0 Å². The van der Waals surface area contributed by atoms with Gasteiger partial charge in [0, 0.05) is 22.2 Å². The lowest BCUT2D eigenvalue weighted by molar-refractivity contribution is -0.142. The fourth-order valence-electron chi connectivity index (χ4n) is 3.48. The zero-order valence-corrected chi connectivity index (χ0v) is 15.3. The molecule has 25 heavy (non-hydrogen) atoms. The number of ether oxygens (including phenoxy) is 1. The standard InChI is InChI=1S/C19H19Cl2NO3/c1-25-17-9-8-14(21)11-15(17)18(12-4-6-13(20)7-5-12)22-10-2-3-16(22)19(23)24/h4-9,11,16,18H,2-3,10H2,1H3,(H,23,24). The lowest BCUT2D eigenvalue weighted by Crippen LogP contribution is -2.39. The van der Waals surface area contributed by atoms with Crippen molar-refractivity contribution in [3.8, 4) is 5.75 Å². The zero-order valence-electron chi connectivity index (χ0n) is 13.8. The number of methoxy groups -OCH3 is 1. The average Bonchev–Trinajstić information content (AvgIpc) is 3.07. The molecule has 0 bridgehead atoms. The predicted molar refractivity (Wildman–Crippen MR) is 98.7 cm³/mol. The average molecular weight is 380 g/mol. The summed E-state index contributed by atoms with van der Waals surface area (Å²) in [6.45, 7) is 0.694. The molecule has 2 aromatic carbocycles. The van der Waals surface area contributed by atoms with Crippen molar-refractivity contribution in [1.29, 1.82) is 0 Å². The molecule has 0 aromatic heterocycles. The quantitative estimate of drug-likeness (QED) is 0.821. The van der Waals surface area contributed by atoms with Crippen LogP contribution in [0, 0.1) is 0 Å². The molecule has 0 amide bonds. The van der Waals surface area contributed by atoms with Gasteiger partial charge in [-0.3, -0.25) is 9.69 Å². The highest BCUT2D eigenvalue weighted by atomic mass is 35.5. The molecule has 2 unspecified atom stereocenters. The van der Waals surface area contributed by atoms with E-state index in [-0.39, 0.29) is 6.04 Å². The second kappa shape index (κ2) is 7.65. The molecule has 2 aromatic rings. The number of carboxylic acids is 1. The summed E-state index contributed by atoms with van der Waals surface area (Å²) < 4.78 is 5.52. The highest BCUT2D eigenvalue weighted by Crippen LogP contribution is 2.40. The van der Waals surface area contributed by atoms with Crippen LogP contribution >= 0.6 is 23.2 Å². The van der Waals surface area contributed by atoms with E-state index in [4.69, 9.17) is 27.9 Å². The molecule has 2 atom stereocenters. The molecule has 1 heterocycles. The van der Waals surface area contributed by atoms with Gasteiger partial charge in [-0.05, 0) is 48.7 Å². The first-order valence-corrected chi connectivity index (χ1v) is 8.84. The Morgan fingerprint density at radius 3 is 2.52 bits per heavy atom. The van der Waals surface area contributed by atoms with Crippen LogP contribution in [-0.4, -0.2) is 35.7 Å². The minimum Gasteiger partial charge on any atom is -0.496 e. The fourth-order valence-corrected chi connectivity index (χ4v) is 3.78. The summed E-state index contributed by atoms with van der Waals surface area (Å²) in [7, 11) is 1.60. The Kier molecular flexibility index (Phi) is 5.52. The summed E-state index contributed by atoms with van der Waals surface area (Å²) in [5.74, 6) is -0.127. The first-order valence-electron chi connectivity index (χ1n) is 8.08. The third-order valence-corrected chi connectivity index (χ3v) is 5.07. The van der Waals surface area contributed by atoms with Gasteiger partial charge >= 0.3 is 5.97 Å². The molecule has 1 N–H and O–H groups in total. The van der Waals surface area contributed by atoms with E-state index in [2.05, 4.69) is 0 Å². The Morgan fingerprint density at radius 1 is 1.20 bits per heavy atom. The van der Waals surface area contributed by atoms with Crippen LogP contribution in [0.15, 0.2) is 42.5 Å². The molecule has 1 fully saturated rings. The molecule has 0 spiro atoms. The molecule has 4 nitrogen and oxygen atoms in total. The van der Waals surface area contributed by atoms with Gasteiger partial charge in [0.25, 0.3) is 0 Å². The van der Waals surface area contributed by atoms with Gasteiger partial charge in [-0.1, -0.05) is 35.3 Å². The van der Waals surface area contributed by atoms with Crippen molar-refractivity contribution in [1.82, 2.24) is 4.90 Å². The zero-order chi connectivity index (χ0) is 18.0. The van der Waals surface area contributed by atoms with Gasteiger partial charge in [0.15, 0.2) is 0 Å². The topological polar surface area (TPSA) is 49.8 Å². The smallest absolute Gasteiger partial charge is 0.320 e. The van der Waals surface area contributed by atoms with E-state index in [0.29, 0.717) is 28.8 Å². The van der Waals surface area contributed by atoms with Gasteiger partial charge < -0.3 is 9.84 Å². The van der Waals surface area contributed by atoms with Gasteiger partial charge in [0.2, 0.25) is 0 Å². The molecule has 3 rings (SSSR count). The van der Waals surface area contributed by atoms with E-state index in [9.17, 15) is 9.90 Å². The number of benzene rings is 2. The maximum absolute atomic E-state index is 11.7. The maximum Gasteiger partial charge on any atom is 0.320 e. The highest BCUT2D eigenvalue weighted by molar-refractivity contribution is 6.31. The van der Waals surface area contributed by atoms with Crippen LogP contribution in [0.4, 0.5) is 0 Å². The van der Waals surface area contributed by atoms with Crippen LogP contribution in [-0.2, 0) is 4.79 Å². The van der Waals surface area contributed by atoms with E-state index >= 15 is 0 Å². The molecule has 0 aliphatic carbocycles. The van der Waals surface area contributed by atoms with Gasteiger partial charge in [-0.25, -0.2) is 0 Å². The Bertz CT molecular complexity index is 764. The monoisotopic (exact) mass is 379 g/mol. The second-order valence-corrected chi connectivity index (χ2v) is 6.95. The van der Waals surface area contributed by atoms with Gasteiger partial charge in [0.1, 0.15) is 11.8 Å². The van der Waals surface area contributed by atoms with Gasteiger partial charge in [0.05, 0.1) is 13.2 Å². The van der Waals surface area contributed by atoms with Crippen molar-refractivity contribution < 1.29 is 14.6 Å². The Hall–Kier alpha value is -1.75. The van der Waals surface area contributed by atoms with Crippen molar-refractivity contribution in [3.05, 3.63) is 63.6 Å². The number of nitrogens with zero attached hydrogens (tertiary/aromatic N) is 1. The number of rotatable bonds is 5. The predicted octanol–water partition coefficient (Wildman–Crippen LogP) is 4.64. The lowest BCUT2D eigenvalue weighted by Gasteiger charge is -2.33. The number of halogens is 2. The number of carboxylic acid groups (broad SMARTS) is 1. The van der Waals surface area contributed by atoms with Crippen LogP contribution in [0.5, 0.6) is 5.75 Å². The first-order chi connectivity index (χ1) is 12.0. The fraction of sp³-hybridized carbons (Fsp3) is 0.316. The summed E-state index contributed by atoms with van der Waals surface area (Å²) in [6, 6.07) is 12.1. The molecule has 1 aliphatic heterocycles. The van der Waals surface area contributed by atoms with E-state index in [1.807, 2.05) is 41.3 Å². The van der Waals surface area contributed by atoms with E-state index < -0.39 is 12.0 Å². The molecule has 0 saturated carbocycles. The van der Waals surface area contributed by atoms with Crippen molar-refractivity contribution in [2.45, 2.75) is 24.9 Å². The summed E-state index contributed by atoms with van der Waals surface area (Å²) in [5.41, 5.74) is 1.81. The van der Waals surface area contributed by atoms with Crippen molar-refractivity contribution in [2.75, 3.05) is 13.7 Å². The van der Waals surface area contributed by atoms with Crippen molar-refractivity contribution in [2.24, 2.45) is 0 Å². The van der Waals surface area contributed by atoms with Crippen LogP contribution in [0.2, 0.25) is 10.0 Å². The van der Waals surface area contributed by atoms with Crippen LogP contribution < -0.4 is 4.74 Å². The first kappa shape index (κ1) is 18.1. The summed E-state index contributed by atoms with van der Waals surface area (Å²) >= 11 is 12.3. The van der Waals surface area contributed by atoms with Crippen LogP contribution in [0.1, 0.15) is 30.0 Å². The SMILES string of the molecule is COc1ccc(Cl)cc1C(c1ccc(Cl)cc1)N1CCCC1C(=O)O. The number of carbonyl (C=O) groups is 1. The molecule has 1 aliphatic rings. The lowest BCUT2D eigenvalue weighted by atomic mass is 9.95. The van der Waals surface area contributed by atoms with Crippen molar-refractivity contribution in [3.63, 3.8) is 0 Å². The second-order valence-electron chi connectivity index (χ2n) is 6.07. The van der Waals surface area contributed by atoms with E-state index in [1.165, 1.54) is 0 Å². The normalized spacial score (nSPS) is 18.9. The molecule has 1 saturated heterocycles. The summed E-state index contributed by atoms with van der Waals surface area (Å²) in [6.07, 6.45) is 1.46. The Morgan fingerprint density at radius 2 is 1.88 bits per heavy atom. The number of hydrogen-bond donors (Lipinski definition) is 1. The Balaban J connectivity index is 2.14. The number of likely N-dealkylation sites (tertiary alicyclic amines) is 1. The van der Waals surface area contributed by atoms with Gasteiger partial charge in [-0.2, -0.15) is 0 Å². The Labute approximate surface area is 156 Å². The summed E-state index contributed by atoms with van der Waals surface area (Å²) in [5, 5.41) is 10.9. The van der Waals surface area contributed by atoms with Crippen molar-refractivity contribution >= 4 is 29.2 Å². The third kappa shape index (κ3) is 3.76. The molecule has 6 heteroatoms. The summed E-state index contributed by atoms with van der Waals surface area (Å²) in [4.78, 5) is 13.7. The molecule has 132 valence electrons. The number of aliphatic carboxylic acids is 1. The minimum atomic E-state index is -0.808. The molecular weight excluding hydrogens is 361 g/mol. The van der Waals surface area contributed by atoms with Gasteiger partial charge in [-0.15, -0.1) is 0 Å². The maximum atomic E-state index is 11.7. The highest BCUT2D eigenvalue weighted by Gasteiger charge is 2.37. The minimum absolute atomic E-state index is 0.269. The third-order valence-electron chi connectivity index (χ3n) is 4.58. The molecular formula is C19H19Cl2NO3. The van der Waals surface area contributed by atoms with E-state index in [0.717, 1.165) is 17.5 Å².